The fourth-order valence-corrected chi connectivity index (χ4v) is 6.61. The lowest BCUT2D eigenvalue weighted by Gasteiger charge is -2.45. The minimum Gasteiger partial charge on any atom is -0.444 e. The van der Waals surface area contributed by atoms with Gasteiger partial charge in [-0.05, 0) is 43.9 Å². The molecule has 1 saturated heterocycles. The molecule has 0 unspecified atom stereocenters. The Morgan fingerprint density at radius 3 is 2.00 bits per heavy atom. The van der Waals surface area contributed by atoms with Crippen molar-refractivity contribution in [3.05, 3.63) is 108 Å². The molecule has 1 aliphatic heterocycles. The summed E-state index contributed by atoms with van der Waals surface area (Å²) in [6.45, 7) is 6.40. The largest absolute Gasteiger partial charge is 0.444 e. The molecule has 3 aromatic rings. The van der Waals surface area contributed by atoms with E-state index < -0.39 is 17.6 Å². The van der Waals surface area contributed by atoms with Crippen molar-refractivity contribution < 1.29 is 19.1 Å². The predicted molar refractivity (Wildman–Crippen MR) is 155 cm³/mol. The van der Waals surface area contributed by atoms with Crippen LogP contribution < -0.4 is 5.32 Å². The highest BCUT2D eigenvalue weighted by Gasteiger charge is 2.55. The first kappa shape index (κ1) is 27.6. The molecule has 1 saturated carbocycles. The zero-order valence-corrected chi connectivity index (χ0v) is 23.5. The molecule has 1 aliphatic carbocycles. The summed E-state index contributed by atoms with van der Waals surface area (Å²) in [6, 6.07) is 30.4. The first-order valence-electron chi connectivity index (χ1n) is 14.1. The summed E-state index contributed by atoms with van der Waals surface area (Å²) >= 11 is 0. The second kappa shape index (κ2) is 11.3. The highest BCUT2D eigenvalue weighted by molar-refractivity contribution is 5.88. The van der Waals surface area contributed by atoms with Crippen molar-refractivity contribution in [1.29, 1.82) is 0 Å². The molecule has 6 heteroatoms. The van der Waals surface area contributed by atoms with Crippen LogP contribution in [0.2, 0.25) is 0 Å². The molecule has 208 valence electrons. The van der Waals surface area contributed by atoms with Gasteiger partial charge in [0.25, 0.3) is 0 Å². The summed E-state index contributed by atoms with van der Waals surface area (Å²) in [5, 5.41) is 2.81. The Kier molecular flexibility index (Phi) is 7.79. The molecule has 6 nitrogen and oxygen atoms in total. The van der Waals surface area contributed by atoms with Gasteiger partial charge in [-0.1, -0.05) is 91.0 Å². The number of rotatable bonds is 6. The molecular weight excluding hydrogens is 500 g/mol. The van der Waals surface area contributed by atoms with E-state index in [1.165, 1.54) is 11.1 Å². The van der Waals surface area contributed by atoms with E-state index in [1.54, 1.807) is 20.8 Å². The van der Waals surface area contributed by atoms with E-state index in [9.17, 15) is 14.4 Å². The number of ketones is 1. The van der Waals surface area contributed by atoms with E-state index in [0.29, 0.717) is 25.9 Å². The molecule has 1 N–H and O–H groups in total. The van der Waals surface area contributed by atoms with Gasteiger partial charge in [0.1, 0.15) is 11.4 Å². The van der Waals surface area contributed by atoms with Crippen molar-refractivity contribution in [2.75, 3.05) is 19.6 Å². The second-order valence-corrected chi connectivity index (χ2v) is 12.0. The number of amides is 2. The fourth-order valence-electron chi connectivity index (χ4n) is 6.61. The molecule has 40 heavy (non-hydrogen) atoms. The van der Waals surface area contributed by atoms with E-state index in [4.69, 9.17) is 4.74 Å². The first-order chi connectivity index (χ1) is 19.2. The third-order valence-electron chi connectivity index (χ3n) is 8.37. The van der Waals surface area contributed by atoms with Gasteiger partial charge in [0, 0.05) is 43.3 Å². The van der Waals surface area contributed by atoms with Gasteiger partial charge in [-0.15, -0.1) is 0 Å². The first-order valence-corrected chi connectivity index (χ1v) is 14.1. The third-order valence-corrected chi connectivity index (χ3v) is 8.37. The Bertz CT molecular complexity index is 1300. The number of ether oxygens (including phenoxy) is 1. The number of fused-ring (bicyclic) bond motifs is 1. The number of hydrogen-bond donors (Lipinski definition) is 1. The molecule has 3 atom stereocenters. The SMILES string of the molecule is CC(C)(C)OC(=O)NC[C@@H](C(=O)N1C[C@@H]2C(=O)CCC(c3ccccc3)(c3ccccc3)[C@@H]2C1)c1ccccc1. The lowest BCUT2D eigenvalue weighted by molar-refractivity contribution is -0.132. The van der Waals surface area contributed by atoms with Gasteiger partial charge in [-0.2, -0.15) is 0 Å². The Hall–Kier alpha value is -3.93. The Labute approximate surface area is 236 Å². The van der Waals surface area contributed by atoms with Crippen molar-refractivity contribution in [3.8, 4) is 0 Å². The number of alkyl carbamates (subject to hydrolysis) is 1. The lowest BCUT2D eigenvalue weighted by atomic mass is 9.56. The maximum atomic E-state index is 14.2. The van der Waals surface area contributed by atoms with Crippen LogP contribution in [0.15, 0.2) is 91.0 Å². The smallest absolute Gasteiger partial charge is 0.407 e. The van der Waals surface area contributed by atoms with Crippen LogP contribution >= 0.6 is 0 Å². The molecule has 3 aromatic carbocycles. The molecule has 0 radical (unpaired) electrons. The minimum atomic E-state index is -0.639. The number of nitrogens with zero attached hydrogens (tertiary/aromatic N) is 1. The van der Waals surface area contributed by atoms with E-state index in [0.717, 1.165) is 5.56 Å². The van der Waals surface area contributed by atoms with Gasteiger partial charge in [-0.3, -0.25) is 9.59 Å². The summed E-state index contributed by atoms with van der Waals surface area (Å²) in [5.41, 5.74) is 2.18. The molecular formula is C34H38N2O4. The van der Waals surface area contributed by atoms with Gasteiger partial charge >= 0.3 is 6.09 Å². The summed E-state index contributed by atoms with van der Waals surface area (Å²) in [4.78, 5) is 41.9. The van der Waals surface area contributed by atoms with Crippen LogP contribution in [0.3, 0.4) is 0 Å². The average molecular weight is 539 g/mol. The van der Waals surface area contributed by atoms with Gasteiger partial charge in [0.2, 0.25) is 5.91 Å². The normalized spacial score (nSPS) is 20.9. The van der Waals surface area contributed by atoms with Crippen LogP contribution in [0.25, 0.3) is 0 Å². The number of carbonyl (C=O) groups is 3. The van der Waals surface area contributed by atoms with Crippen molar-refractivity contribution >= 4 is 17.8 Å². The summed E-state index contributed by atoms with van der Waals surface area (Å²) in [7, 11) is 0. The van der Waals surface area contributed by atoms with Crippen LogP contribution in [0, 0.1) is 11.8 Å². The van der Waals surface area contributed by atoms with Crippen molar-refractivity contribution in [2.24, 2.45) is 11.8 Å². The number of hydrogen-bond acceptors (Lipinski definition) is 4. The van der Waals surface area contributed by atoms with Crippen LogP contribution in [0.4, 0.5) is 4.79 Å². The van der Waals surface area contributed by atoms with Crippen LogP contribution in [-0.2, 0) is 19.7 Å². The van der Waals surface area contributed by atoms with E-state index in [1.807, 2.05) is 47.4 Å². The highest BCUT2D eigenvalue weighted by Crippen LogP contribution is 2.52. The zero-order valence-electron chi connectivity index (χ0n) is 23.5. The maximum Gasteiger partial charge on any atom is 0.407 e. The van der Waals surface area contributed by atoms with E-state index >= 15 is 0 Å². The number of benzene rings is 3. The second-order valence-electron chi connectivity index (χ2n) is 12.0. The summed E-state index contributed by atoms with van der Waals surface area (Å²) < 4.78 is 5.43. The summed E-state index contributed by atoms with van der Waals surface area (Å²) in [6.07, 6.45) is 0.638. The quantitative estimate of drug-likeness (QED) is 0.436. The maximum absolute atomic E-state index is 14.2. The van der Waals surface area contributed by atoms with E-state index in [2.05, 4.69) is 53.8 Å². The van der Waals surface area contributed by atoms with Gasteiger partial charge in [0.15, 0.2) is 0 Å². The predicted octanol–water partition coefficient (Wildman–Crippen LogP) is 5.72. The lowest BCUT2D eigenvalue weighted by Crippen LogP contribution is -2.47. The van der Waals surface area contributed by atoms with Gasteiger partial charge in [0.05, 0.1) is 5.92 Å². The molecule has 2 aliphatic rings. The molecule has 1 heterocycles. The molecule has 0 bridgehead atoms. The highest BCUT2D eigenvalue weighted by atomic mass is 16.6. The number of Topliss-reactive ketones (excluding diaryl/α,β-unsaturated/α-hetero) is 1. The number of carbonyl (C=O) groups excluding carboxylic acids is 3. The monoisotopic (exact) mass is 538 g/mol. The van der Waals surface area contributed by atoms with Crippen LogP contribution in [0.5, 0.6) is 0 Å². The minimum absolute atomic E-state index is 0.0438. The molecule has 2 fully saturated rings. The van der Waals surface area contributed by atoms with Gasteiger partial charge < -0.3 is 15.0 Å². The van der Waals surface area contributed by atoms with Crippen LogP contribution in [0.1, 0.15) is 56.2 Å². The number of nitrogens with one attached hydrogen (secondary N) is 1. The van der Waals surface area contributed by atoms with Gasteiger partial charge in [-0.25, -0.2) is 4.79 Å². The zero-order chi connectivity index (χ0) is 28.3. The fraction of sp³-hybridized carbons (Fsp3) is 0.382. The third kappa shape index (κ3) is 5.53. The van der Waals surface area contributed by atoms with Crippen molar-refractivity contribution in [1.82, 2.24) is 10.2 Å². The Morgan fingerprint density at radius 1 is 0.900 bits per heavy atom. The average Bonchev–Trinajstić information content (AvgIpc) is 3.41. The standard InChI is InChI=1S/C34H38N2O4/c1-33(2,3)40-32(39)35-21-27(24-13-7-4-8-14-24)31(38)36-22-28-29(23-36)34(20-19-30(28)37,25-15-9-5-10-16-25)26-17-11-6-12-18-26/h4-18,27-29H,19-23H2,1-3H3,(H,35,39)/t27-,28+,29-/m1/s1. The topological polar surface area (TPSA) is 75.7 Å². The molecule has 0 spiro atoms. The molecule has 0 aromatic heterocycles. The Balaban J connectivity index is 1.47. The molecule has 2 amide bonds. The molecule has 5 rings (SSSR count). The number of likely N-dealkylation sites (tertiary alicyclic amines) is 1. The Morgan fingerprint density at radius 2 is 1.45 bits per heavy atom. The van der Waals surface area contributed by atoms with Crippen LogP contribution in [-0.4, -0.2) is 47.9 Å². The van der Waals surface area contributed by atoms with Crippen molar-refractivity contribution in [2.45, 2.75) is 50.5 Å². The van der Waals surface area contributed by atoms with Crippen molar-refractivity contribution in [3.63, 3.8) is 0 Å². The summed E-state index contributed by atoms with van der Waals surface area (Å²) in [5.74, 6) is -0.733. The van der Waals surface area contributed by atoms with E-state index in [-0.39, 0.29) is 35.5 Å².